The predicted octanol–water partition coefficient (Wildman–Crippen LogP) is 8.60. The third kappa shape index (κ3) is 19.8. The fourth-order valence-electron chi connectivity index (χ4n) is 12.3. The average Bonchev–Trinajstić information content (AvgIpc) is 1.57. The van der Waals surface area contributed by atoms with Crippen LogP contribution in [0.2, 0.25) is 5.02 Å². The highest BCUT2D eigenvalue weighted by Gasteiger charge is 2.63. The largest absolute Gasteiger partial charge is 0.495 e. The molecule has 3 saturated heterocycles. The number of ketones is 3. The van der Waals surface area contributed by atoms with Crippen LogP contribution in [-0.2, 0) is 65.3 Å². The van der Waals surface area contributed by atoms with E-state index in [2.05, 4.69) is 16.0 Å². The lowest BCUT2D eigenvalue weighted by molar-refractivity contribution is -0.187. The first-order chi connectivity index (χ1) is 42.7. The molecule has 0 spiro atoms. The summed E-state index contributed by atoms with van der Waals surface area (Å²) in [7, 11) is 6.32. The van der Waals surface area contributed by atoms with E-state index in [0.717, 1.165) is 55.3 Å². The first kappa shape index (κ1) is 72.7. The zero-order valence-corrected chi connectivity index (χ0v) is 55.5. The second-order valence-corrected chi connectivity index (χ2v) is 26.0. The topological polar surface area (TPSA) is 284 Å². The number of rotatable bonds is 36. The van der Waals surface area contributed by atoms with Crippen LogP contribution < -0.4 is 31.3 Å². The minimum Gasteiger partial charge on any atom is -0.495 e. The lowest BCUT2D eigenvalue weighted by atomic mass is 9.79. The van der Waals surface area contributed by atoms with Gasteiger partial charge >= 0.3 is 18.0 Å². The number of nitrogens with zero attached hydrogens (tertiary/aromatic N) is 2. The summed E-state index contributed by atoms with van der Waals surface area (Å²) in [6, 6.07) is 6.07. The third-order valence-electron chi connectivity index (χ3n) is 18.6. The van der Waals surface area contributed by atoms with Crippen molar-refractivity contribution in [1.82, 2.24) is 15.5 Å². The van der Waals surface area contributed by atoms with Gasteiger partial charge in [0.1, 0.15) is 57.9 Å². The summed E-state index contributed by atoms with van der Waals surface area (Å²) < 4.78 is 35.0. The Bertz CT molecular complexity index is 2880. The molecule has 3 aliphatic heterocycles. The van der Waals surface area contributed by atoms with E-state index in [4.69, 9.17) is 45.8 Å². The number of carbonyl (C=O) groups is 8. The Morgan fingerprint density at radius 2 is 1.66 bits per heavy atom. The van der Waals surface area contributed by atoms with E-state index in [1.165, 1.54) is 19.1 Å². The Balaban J connectivity index is 1.06. The average molecular weight is 1280 g/mol. The summed E-state index contributed by atoms with van der Waals surface area (Å²) in [6.45, 7) is 14.5. The number of amides is 4. The van der Waals surface area contributed by atoms with Crippen LogP contribution >= 0.6 is 11.6 Å². The molecular formula is C68H99ClN6O15. The number of epoxide rings is 1. The van der Waals surface area contributed by atoms with Crippen molar-refractivity contribution in [2.75, 3.05) is 71.4 Å². The number of cyclic esters (lactones) is 1. The second kappa shape index (κ2) is 33.8. The van der Waals surface area contributed by atoms with E-state index >= 15 is 0 Å². The number of aliphatic hydroxyl groups is 1. The Labute approximate surface area is 536 Å². The number of morpholine rings is 1. The number of benzene rings is 2. The van der Waals surface area contributed by atoms with Gasteiger partial charge in [0.05, 0.1) is 44.6 Å². The number of nitrogens with one attached hydrogen (secondary N) is 3. The van der Waals surface area contributed by atoms with Gasteiger partial charge in [-0.3, -0.25) is 28.8 Å². The number of methoxy groups -OCH3 is 2. The van der Waals surface area contributed by atoms with Gasteiger partial charge in [-0.25, -0.2) is 9.59 Å². The number of unbranched alkanes of at least 4 members (excludes halogenated alkanes) is 3. The van der Waals surface area contributed by atoms with E-state index in [1.54, 1.807) is 65.3 Å². The third-order valence-corrected chi connectivity index (χ3v) is 19.0. The molecule has 4 amide bonds. The molecule has 0 aromatic heterocycles. The van der Waals surface area contributed by atoms with Crippen molar-refractivity contribution in [3.63, 3.8) is 0 Å². The van der Waals surface area contributed by atoms with Crippen LogP contribution in [0.5, 0.6) is 5.75 Å². The van der Waals surface area contributed by atoms with Crippen molar-refractivity contribution in [2.45, 2.75) is 199 Å². The molecule has 2 aromatic carbocycles. The van der Waals surface area contributed by atoms with E-state index in [-0.39, 0.29) is 67.6 Å². The Hall–Kier alpha value is -6.39. The molecule has 0 bridgehead atoms. The van der Waals surface area contributed by atoms with Crippen LogP contribution in [0.1, 0.15) is 160 Å². The smallest absolute Gasteiger partial charge is 0.328 e. The number of Topliss-reactive ketones (excluding diaryl/α,β-unsaturated/α-hetero) is 3. The van der Waals surface area contributed by atoms with Gasteiger partial charge in [-0.15, -0.1) is 0 Å². The van der Waals surface area contributed by atoms with Crippen LogP contribution in [-0.4, -0.2) is 166 Å². The number of anilines is 2. The highest BCUT2D eigenvalue weighted by atomic mass is 35.5. The summed E-state index contributed by atoms with van der Waals surface area (Å²) in [5.41, 5.74) is 6.90. The summed E-state index contributed by atoms with van der Waals surface area (Å²) in [6.07, 6.45) is 10.4. The number of primary amides is 1. The zero-order chi connectivity index (χ0) is 66.0. The molecule has 0 radical (unpaired) electrons. The highest BCUT2D eigenvalue weighted by molar-refractivity contribution is 6.34. The van der Waals surface area contributed by atoms with Gasteiger partial charge in [0.25, 0.3) is 5.91 Å². The Morgan fingerprint density at radius 1 is 0.956 bits per heavy atom. The predicted molar refractivity (Wildman–Crippen MR) is 344 cm³/mol. The number of nitrogens with two attached hydrogens (primary N) is 1. The minimum atomic E-state index is -1.61. The number of allylic oxidation sites excluding steroid dienone is 3. The van der Waals surface area contributed by atoms with Crippen molar-refractivity contribution >= 4 is 70.1 Å². The summed E-state index contributed by atoms with van der Waals surface area (Å²) >= 11 is 6.43. The van der Waals surface area contributed by atoms with Crippen molar-refractivity contribution in [3.8, 4) is 5.75 Å². The second-order valence-electron chi connectivity index (χ2n) is 25.6. The van der Waals surface area contributed by atoms with Crippen LogP contribution in [0.3, 0.4) is 0 Å². The number of likely N-dealkylation sites (N-methyl/N-ethyl adjacent to an activating group) is 1. The van der Waals surface area contributed by atoms with Crippen molar-refractivity contribution in [1.29, 1.82) is 0 Å². The number of carbonyl (C=O) groups excluding carboxylic acids is 8. The van der Waals surface area contributed by atoms with Crippen molar-refractivity contribution in [3.05, 3.63) is 75.8 Å². The van der Waals surface area contributed by atoms with Gasteiger partial charge in [0.15, 0.2) is 5.78 Å². The van der Waals surface area contributed by atoms with Gasteiger partial charge in [-0.1, -0.05) is 81.5 Å². The first-order valence-electron chi connectivity index (χ1n) is 32.1. The van der Waals surface area contributed by atoms with Crippen LogP contribution in [0.15, 0.2) is 54.1 Å². The molecule has 498 valence electrons. The van der Waals surface area contributed by atoms with Gasteiger partial charge in [-0.05, 0) is 114 Å². The molecule has 4 aliphatic rings. The molecule has 21 nitrogen and oxygen atoms in total. The van der Waals surface area contributed by atoms with E-state index in [9.17, 15) is 43.5 Å². The van der Waals surface area contributed by atoms with Gasteiger partial charge in [0.2, 0.25) is 5.91 Å². The number of hydrogen-bond donors (Lipinski definition) is 5. The van der Waals surface area contributed by atoms with Gasteiger partial charge < -0.3 is 65.0 Å². The Kier molecular flexibility index (Phi) is 27.3. The maximum Gasteiger partial charge on any atom is 0.328 e. The van der Waals surface area contributed by atoms with Crippen LogP contribution in [0.4, 0.5) is 16.2 Å². The quantitative estimate of drug-likeness (QED) is 0.0185. The van der Waals surface area contributed by atoms with Crippen LogP contribution in [0, 0.1) is 23.7 Å². The molecule has 4 fully saturated rings. The number of halogens is 1. The number of urea groups is 1. The molecular weight excluding hydrogens is 1180 g/mol. The molecule has 6 N–H and O–H groups in total. The summed E-state index contributed by atoms with van der Waals surface area (Å²) in [4.78, 5) is 111. The summed E-state index contributed by atoms with van der Waals surface area (Å²) in [5.74, 6) is -2.73. The van der Waals surface area contributed by atoms with E-state index in [1.807, 2.05) is 50.8 Å². The monoisotopic (exact) mass is 1270 g/mol. The fourth-order valence-corrected chi connectivity index (χ4v) is 12.6. The summed E-state index contributed by atoms with van der Waals surface area (Å²) in [5, 5.41) is 21.1. The highest BCUT2D eigenvalue weighted by Crippen LogP contribution is 2.49. The number of esters is 2. The van der Waals surface area contributed by atoms with Gasteiger partial charge in [-0.2, -0.15) is 0 Å². The normalized spacial score (nSPS) is 22.3. The van der Waals surface area contributed by atoms with Crippen molar-refractivity contribution < 1.29 is 71.9 Å². The number of ether oxygens (including phenoxy) is 6. The maximum absolute atomic E-state index is 14.5. The first-order valence-corrected chi connectivity index (χ1v) is 32.5. The van der Waals surface area contributed by atoms with E-state index in [0.29, 0.717) is 86.2 Å². The molecule has 1 aliphatic carbocycles. The molecule has 22 heteroatoms. The maximum atomic E-state index is 14.5. The van der Waals surface area contributed by atoms with E-state index < -0.39 is 89.3 Å². The molecule has 0 unspecified atom stereocenters. The SMILES string of the molecule is CNc1cc(C/C(C)=C/C=C/[C@@H](OC)[C@]2(O)CC(=O)O[C@H]([C@@H](C)[C@@H]3O[C@@]3(C)[C@H](C)OC(=O)[C@H](C)N(C)C(=O)c3ccc(CC(=O)[C@H](CCCNC(N)=O)NC(=O)[C@@H](CC(=O)CCCCCCC(=O)C4CCC4)C(C)C)c(N4CCOCC4)c3)C2)cc(OC)c1Cl. The molecule has 3 heterocycles. The van der Waals surface area contributed by atoms with Gasteiger partial charge in [0, 0.05) is 102 Å². The van der Waals surface area contributed by atoms with Crippen LogP contribution in [0.25, 0.3) is 0 Å². The molecule has 6 rings (SSSR count). The lowest BCUT2D eigenvalue weighted by Gasteiger charge is -2.41. The molecule has 10 atom stereocenters. The lowest BCUT2D eigenvalue weighted by Crippen LogP contribution is -2.53. The molecule has 1 saturated carbocycles. The standard InChI is InChI=1S/C68H99ClN6O15/c1-41(2)51(38-50(76)22-14-12-13-15-24-55(77)47-20-17-21-47)63(80)73-52(23-18-28-72-66(70)83)56(78)37-48-26-27-49(36-54(48)75-29-31-87-32-30-75)64(81)74(9)44(5)65(82)88-45(6)67(7)62(90-67)43(4)58-39-68(84,40-60(79)89-58)59(86-11)25-16-19-42(3)33-46-34-53(71-8)61(69)57(35-46)85-10/h16,19,25-27,34-36,41,43-45,47,51-52,58-59,62,71,84H,12-15,17-18,20-24,28-33,37-40H2,1-11H3,(H,73,80)(H3,70,72,83)/b25-16+,42-19+/t43-,44+,45+,51+,52+,58+,59-,62+,67+,68-/m1/s1. The molecule has 2 aromatic rings. The fraction of sp³-hybridized carbons (Fsp3) is 0.647. The number of hydrogen-bond acceptors (Lipinski definition) is 17. The van der Waals surface area contributed by atoms with Crippen molar-refractivity contribution in [2.24, 2.45) is 29.4 Å². The minimum absolute atomic E-state index is 0.0221. The Morgan fingerprint density at radius 3 is 2.29 bits per heavy atom. The zero-order valence-electron chi connectivity index (χ0n) is 54.8. The molecule has 90 heavy (non-hydrogen) atoms.